The van der Waals surface area contributed by atoms with Gasteiger partial charge in [-0.2, -0.15) is 13.7 Å². The monoisotopic (exact) mass is 489 g/mol. The molecular formula is C20H19N5O2S4. The van der Waals surface area contributed by atoms with Crippen LogP contribution in [0.25, 0.3) is 22.0 Å². The molecule has 0 radical (unpaired) electrons. The quantitative estimate of drug-likeness (QED) is 0.418. The Hall–Kier alpha value is -2.18. The highest BCUT2D eigenvalue weighted by atomic mass is 32.2. The largest absolute Gasteiger partial charge is 0.344 e. The predicted molar refractivity (Wildman–Crippen MR) is 126 cm³/mol. The van der Waals surface area contributed by atoms with Gasteiger partial charge in [0, 0.05) is 48.7 Å². The summed E-state index contributed by atoms with van der Waals surface area (Å²) in [7, 11) is -3.52. The van der Waals surface area contributed by atoms with Gasteiger partial charge in [-0.05, 0) is 19.1 Å². The van der Waals surface area contributed by atoms with Crippen molar-refractivity contribution in [2.24, 2.45) is 0 Å². The third-order valence-electron chi connectivity index (χ3n) is 5.00. The van der Waals surface area contributed by atoms with Crippen molar-refractivity contribution < 1.29 is 8.42 Å². The molecule has 0 atom stereocenters. The van der Waals surface area contributed by atoms with Crippen molar-refractivity contribution >= 4 is 49.4 Å². The lowest BCUT2D eigenvalue weighted by Crippen LogP contribution is -2.48. The molecule has 0 N–H and O–H groups in total. The van der Waals surface area contributed by atoms with Crippen molar-refractivity contribution in [3.63, 3.8) is 0 Å². The van der Waals surface area contributed by atoms with Crippen molar-refractivity contribution in [3.05, 3.63) is 52.9 Å². The second-order valence-electron chi connectivity index (χ2n) is 7.03. The Morgan fingerprint density at radius 2 is 1.74 bits per heavy atom. The highest BCUT2D eigenvalue weighted by Crippen LogP contribution is 2.33. The van der Waals surface area contributed by atoms with Crippen LogP contribution in [0.4, 0.5) is 5.13 Å². The third kappa shape index (κ3) is 4.15. The lowest BCUT2D eigenvalue weighted by molar-refractivity contribution is 0.386. The molecule has 0 saturated carbocycles. The first kappa shape index (κ1) is 20.7. The Morgan fingerprint density at radius 1 is 0.968 bits per heavy atom. The van der Waals surface area contributed by atoms with Crippen molar-refractivity contribution in [2.45, 2.75) is 11.1 Å². The minimum atomic E-state index is -3.52. The molecule has 1 aliphatic rings. The van der Waals surface area contributed by atoms with Gasteiger partial charge in [0.05, 0.1) is 15.6 Å². The Balaban J connectivity index is 1.27. The lowest BCUT2D eigenvalue weighted by Gasteiger charge is -2.33. The summed E-state index contributed by atoms with van der Waals surface area (Å²) >= 11 is 4.19. The minimum absolute atomic E-state index is 0.365. The zero-order valence-electron chi connectivity index (χ0n) is 16.6. The second kappa shape index (κ2) is 8.40. The van der Waals surface area contributed by atoms with E-state index >= 15 is 0 Å². The molecule has 160 valence electrons. The number of thiazole rings is 1. The molecule has 1 fully saturated rings. The molecule has 4 heterocycles. The molecule has 4 aromatic rings. The van der Waals surface area contributed by atoms with Gasteiger partial charge >= 0.3 is 0 Å². The predicted octanol–water partition coefficient (Wildman–Crippen LogP) is 4.21. The van der Waals surface area contributed by atoms with E-state index in [9.17, 15) is 8.42 Å². The molecule has 0 unspecified atom stereocenters. The fourth-order valence-electron chi connectivity index (χ4n) is 3.37. The SMILES string of the molecule is Cc1nc(-c2ccc(S(=O)(=O)N3CCN(c4nc(-c5ccccc5)ns4)CC3)s2)cs1. The lowest BCUT2D eigenvalue weighted by atomic mass is 10.2. The molecule has 3 aromatic heterocycles. The number of sulfonamides is 1. The zero-order valence-corrected chi connectivity index (χ0v) is 19.9. The van der Waals surface area contributed by atoms with Gasteiger partial charge in [-0.25, -0.2) is 13.4 Å². The zero-order chi connectivity index (χ0) is 21.4. The van der Waals surface area contributed by atoms with Crippen LogP contribution >= 0.6 is 34.2 Å². The van der Waals surface area contributed by atoms with E-state index in [0.717, 1.165) is 26.3 Å². The first-order valence-electron chi connectivity index (χ1n) is 9.67. The number of rotatable bonds is 5. The van der Waals surface area contributed by atoms with Gasteiger partial charge in [0.15, 0.2) is 5.82 Å². The van der Waals surface area contributed by atoms with Gasteiger partial charge in [0.1, 0.15) is 4.21 Å². The fraction of sp³-hybridized carbons (Fsp3) is 0.250. The summed E-state index contributed by atoms with van der Waals surface area (Å²) in [5.41, 5.74) is 1.82. The highest BCUT2D eigenvalue weighted by molar-refractivity contribution is 7.91. The van der Waals surface area contributed by atoms with Gasteiger partial charge in [0.2, 0.25) is 5.13 Å². The van der Waals surface area contributed by atoms with E-state index in [-0.39, 0.29) is 0 Å². The van der Waals surface area contributed by atoms with Gasteiger partial charge in [-0.1, -0.05) is 30.3 Å². The molecule has 5 rings (SSSR count). The van der Waals surface area contributed by atoms with E-state index in [1.165, 1.54) is 22.9 Å². The number of anilines is 1. The number of aryl methyl sites for hydroxylation is 1. The number of hydrogen-bond acceptors (Lipinski definition) is 9. The van der Waals surface area contributed by atoms with Crippen LogP contribution in [0.15, 0.2) is 52.1 Å². The molecule has 0 spiro atoms. The maximum absolute atomic E-state index is 13.1. The summed E-state index contributed by atoms with van der Waals surface area (Å²) in [5.74, 6) is 0.707. The van der Waals surface area contributed by atoms with Gasteiger partial charge < -0.3 is 4.90 Å². The summed E-state index contributed by atoms with van der Waals surface area (Å²) < 4.78 is 32.7. The Bertz CT molecular complexity index is 1290. The van der Waals surface area contributed by atoms with Crippen LogP contribution in [0.3, 0.4) is 0 Å². The molecule has 1 aromatic carbocycles. The van der Waals surface area contributed by atoms with Gasteiger partial charge in [-0.3, -0.25) is 0 Å². The molecule has 1 saturated heterocycles. The van der Waals surface area contributed by atoms with E-state index < -0.39 is 10.0 Å². The second-order valence-corrected chi connectivity index (χ2v) is 12.1. The van der Waals surface area contributed by atoms with Crippen LogP contribution < -0.4 is 4.90 Å². The maximum Gasteiger partial charge on any atom is 0.252 e. The van der Waals surface area contributed by atoms with Crippen LogP contribution in [0.2, 0.25) is 0 Å². The van der Waals surface area contributed by atoms with Crippen molar-refractivity contribution in [1.82, 2.24) is 18.6 Å². The molecule has 0 bridgehead atoms. The average Bonchev–Trinajstić information content (AvgIpc) is 3.55. The topological polar surface area (TPSA) is 79.3 Å². The first-order chi connectivity index (χ1) is 15.0. The van der Waals surface area contributed by atoms with Crippen LogP contribution in [0, 0.1) is 6.92 Å². The highest BCUT2D eigenvalue weighted by Gasteiger charge is 2.31. The average molecular weight is 490 g/mol. The molecule has 0 aliphatic carbocycles. The smallest absolute Gasteiger partial charge is 0.252 e. The van der Waals surface area contributed by atoms with Gasteiger partial charge in [-0.15, -0.1) is 22.7 Å². The fourth-order valence-corrected chi connectivity index (χ4v) is 7.64. The normalized spacial score (nSPS) is 15.5. The van der Waals surface area contributed by atoms with Crippen LogP contribution in [0.5, 0.6) is 0 Å². The number of piperazine rings is 1. The number of aromatic nitrogens is 3. The molecule has 11 heteroatoms. The number of benzene rings is 1. The first-order valence-corrected chi connectivity index (χ1v) is 13.6. The minimum Gasteiger partial charge on any atom is -0.344 e. The third-order valence-corrected chi connectivity index (χ3v) is 10.0. The van der Waals surface area contributed by atoms with E-state index in [2.05, 4.69) is 19.2 Å². The van der Waals surface area contributed by atoms with Crippen LogP contribution in [-0.4, -0.2) is 53.2 Å². The summed E-state index contributed by atoms with van der Waals surface area (Å²) in [6.07, 6.45) is 0. The molecular weight excluding hydrogens is 471 g/mol. The summed E-state index contributed by atoms with van der Waals surface area (Å²) in [6, 6.07) is 13.4. The molecule has 31 heavy (non-hydrogen) atoms. The van der Waals surface area contributed by atoms with E-state index in [4.69, 9.17) is 0 Å². The standard InChI is InChI=1S/C20H19N5O2S4/c1-14-21-16(13-28-14)17-7-8-18(29-17)31(26,27)25-11-9-24(10-12-25)20-22-19(23-30-20)15-5-3-2-4-6-15/h2-8,13H,9-12H2,1H3. The molecule has 1 aliphatic heterocycles. The van der Waals surface area contributed by atoms with Gasteiger partial charge in [0.25, 0.3) is 10.0 Å². The summed E-state index contributed by atoms with van der Waals surface area (Å²) in [6.45, 7) is 3.97. The number of hydrogen-bond donors (Lipinski definition) is 0. The Labute approximate surface area is 192 Å². The molecule has 0 amide bonds. The Morgan fingerprint density at radius 3 is 2.45 bits per heavy atom. The van der Waals surface area contributed by atoms with Crippen molar-refractivity contribution in [3.8, 4) is 22.0 Å². The van der Waals surface area contributed by atoms with Crippen LogP contribution in [-0.2, 0) is 10.0 Å². The van der Waals surface area contributed by atoms with E-state index in [1.54, 1.807) is 21.7 Å². The summed E-state index contributed by atoms with van der Waals surface area (Å²) in [5, 5.41) is 3.76. The number of nitrogens with zero attached hydrogens (tertiary/aromatic N) is 5. The number of thiophene rings is 1. The van der Waals surface area contributed by atoms with E-state index in [1.807, 2.05) is 48.7 Å². The molecule has 7 nitrogen and oxygen atoms in total. The van der Waals surface area contributed by atoms with Crippen molar-refractivity contribution in [1.29, 1.82) is 0 Å². The maximum atomic E-state index is 13.1. The van der Waals surface area contributed by atoms with E-state index in [0.29, 0.717) is 36.2 Å². The van der Waals surface area contributed by atoms with Crippen molar-refractivity contribution in [2.75, 3.05) is 31.1 Å². The van der Waals surface area contributed by atoms with Crippen LogP contribution in [0.1, 0.15) is 5.01 Å². The Kier molecular flexibility index (Phi) is 5.61. The summed E-state index contributed by atoms with van der Waals surface area (Å²) in [4.78, 5) is 12.1.